The van der Waals surface area contributed by atoms with Gasteiger partial charge in [-0.25, -0.2) is 13.6 Å². The maximum Gasteiger partial charge on any atom is 0.238 e. The summed E-state index contributed by atoms with van der Waals surface area (Å²) in [5, 5.41) is 8.38. The molecule has 0 atom stereocenters. The molecule has 0 amide bonds. The zero-order valence-corrected chi connectivity index (χ0v) is 11.9. The SMILES string of the molecule is NS(=O)(=O)c1ccc(CNCCc2ccccc2)cc1. The van der Waals surface area contributed by atoms with Crippen molar-refractivity contribution in [2.24, 2.45) is 5.14 Å². The normalized spacial score (nSPS) is 11.4. The van der Waals surface area contributed by atoms with Crippen molar-refractivity contribution in [3.05, 3.63) is 65.7 Å². The summed E-state index contributed by atoms with van der Waals surface area (Å²) in [7, 11) is -3.60. The highest BCUT2D eigenvalue weighted by atomic mass is 32.2. The highest BCUT2D eigenvalue weighted by Gasteiger charge is 2.06. The molecule has 0 saturated heterocycles. The van der Waals surface area contributed by atoms with Crippen molar-refractivity contribution in [3.63, 3.8) is 0 Å². The van der Waals surface area contributed by atoms with Gasteiger partial charge in [-0.15, -0.1) is 0 Å². The molecule has 3 N–H and O–H groups in total. The molecule has 0 aliphatic heterocycles. The van der Waals surface area contributed by atoms with Crippen LogP contribution in [-0.4, -0.2) is 15.0 Å². The summed E-state index contributed by atoms with van der Waals surface area (Å²) in [5.74, 6) is 0. The second-order valence-corrected chi connectivity index (χ2v) is 6.16. The Hall–Kier alpha value is -1.69. The first-order chi connectivity index (χ1) is 9.55. The van der Waals surface area contributed by atoms with E-state index in [0.29, 0.717) is 6.54 Å². The van der Waals surface area contributed by atoms with Crippen molar-refractivity contribution >= 4 is 10.0 Å². The molecule has 4 nitrogen and oxygen atoms in total. The molecule has 0 fully saturated rings. The smallest absolute Gasteiger partial charge is 0.238 e. The molecule has 0 saturated carbocycles. The number of nitrogens with two attached hydrogens (primary N) is 1. The Bertz CT molecular complexity index is 637. The fraction of sp³-hybridized carbons (Fsp3) is 0.200. The number of rotatable bonds is 6. The fourth-order valence-electron chi connectivity index (χ4n) is 1.91. The third-order valence-electron chi connectivity index (χ3n) is 3.01. The topological polar surface area (TPSA) is 72.2 Å². The van der Waals surface area contributed by atoms with Crippen LogP contribution in [0.25, 0.3) is 0 Å². The van der Waals surface area contributed by atoms with E-state index in [1.54, 1.807) is 12.1 Å². The summed E-state index contributed by atoms with van der Waals surface area (Å²) >= 11 is 0. The van der Waals surface area contributed by atoms with Crippen molar-refractivity contribution in [1.29, 1.82) is 0 Å². The Morgan fingerprint density at radius 1 is 0.900 bits per heavy atom. The van der Waals surface area contributed by atoms with Crippen molar-refractivity contribution in [2.45, 2.75) is 17.9 Å². The Balaban J connectivity index is 1.80. The molecule has 0 unspecified atom stereocenters. The van der Waals surface area contributed by atoms with Gasteiger partial charge in [0.05, 0.1) is 4.90 Å². The van der Waals surface area contributed by atoms with Gasteiger partial charge in [-0.05, 0) is 36.2 Å². The number of primary sulfonamides is 1. The quantitative estimate of drug-likeness (QED) is 0.795. The monoisotopic (exact) mass is 290 g/mol. The molecule has 2 aromatic carbocycles. The fourth-order valence-corrected chi connectivity index (χ4v) is 2.42. The van der Waals surface area contributed by atoms with Gasteiger partial charge in [-0.3, -0.25) is 0 Å². The van der Waals surface area contributed by atoms with E-state index in [4.69, 9.17) is 5.14 Å². The Morgan fingerprint density at radius 2 is 1.55 bits per heavy atom. The maximum absolute atomic E-state index is 11.1. The van der Waals surface area contributed by atoms with Gasteiger partial charge in [-0.2, -0.15) is 0 Å². The number of benzene rings is 2. The standard InChI is InChI=1S/C15H18N2O2S/c16-20(18,19)15-8-6-14(7-9-15)12-17-11-10-13-4-2-1-3-5-13/h1-9,17H,10-12H2,(H2,16,18,19). The minimum absolute atomic E-state index is 0.144. The zero-order chi connectivity index (χ0) is 14.4. The van der Waals surface area contributed by atoms with Gasteiger partial charge in [0, 0.05) is 6.54 Å². The van der Waals surface area contributed by atoms with Crippen molar-refractivity contribution in [1.82, 2.24) is 5.32 Å². The highest BCUT2D eigenvalue weighted by molar-refractivity contribution is 7.89. The van der Waals surface area contributed by atoms with Crippen LogP contribution in [0.2, 0.25) is 0 Å². The van der Waals surface area contributed by atoms with Crippen molar-refractivity contribution in [2.75, 3.05) is 6.54 Å². The summed E-state index contributed by atoms with van der Waals surface area (Å²) in [6, 6.07) is 16.9. The molecule has 5 heteroatoms. The Kier molecular flexibility index (Phi) is 4.89. The first-order valence-electron chi connectivity index (χ1n) is 6.42. The number of nitrogens with one attached hydrogen (secondary N) is 1. The molecule has 0 aliphatic rings. The van der Waals surface area contributed by atoms with E-state index in [-0.39, 0.29) is 4.90 Å². The summed E-state index contributed by atoms with van der Waals surface area (Å²) in [6.07, 6.45) is 0.968. The second kappa shape index (κ2) is 6.65. The van der Waals surface area contributed by atoms with Crippen LogP contribution < -0.4 is 10.5 Å². The lowest BCUT2D eigenvalue weighted by atomic mass is 10.1. The van der Waals surface area contributed by atoms with Crippen molar-refractivity contribution in [3.8, 4) is 0 Å². The van der Waals surface area contributed by atoms with Crippen LogP contribution in [0.5, 0.6) is 0 Å². The minimum atomic E-state index is -3.60. The first kappa shape index (κ1) is 14.7. The van der Waals surface area contributed by atoms with Gasteiger partial charge < -0.3 is 5.32 Å². The van der Waals surface area contributed by atoms with Gasteiger partial charge >= 0.3 is 0 Å². The molecule has 2 aromatic rings. The second-order valence-electron chi connectivity index (χ2n) is 4.60. The molecule has 0 aromatic heterocycles. The first-order valence-corrected chi connectivity index (χ1v) is 7.97. The van der Waals surface area contributed by atoms with Crippen LogP contribution in [0.1, 0.15) is 11.1 Å². The van der Waals surface area contributed by atoms with Crippen molar-refractivity contribution < 1.29 is 8.42 Å². The van der Waals surface area contributed by atoms with E-state index >= 15 is 0 Å². The molecular formula is C15H18N2O2S. The zero-order valence-electron chi connectivity index (χ0n) is 11.1. The van der Waals surface area contributed by atoms with Gasteiger partial charge in [0.15, 0.2) is 0 Å². The number of hydrogen-bond donors (Lipinski definition) is 2. The summed E-state index contributed by atoms with van der Waals surface area (Å²) < 4.78 is 22.2. The van der Waals surface area contributed by atoms with Crippen LogP contribution in [0.4, 0.5) is 0 Å². The van der Waals surface area contributed by atoms with Gasteiger partial charge in [0.25, 0.3) is 0 Å². The maximum atomic E-state index is 11.1. The van der Waals surface area contributed by atoms with Gasteiger partial charge in [0.1, 0.15) is 0 Å². The molecule has 0 heterocycles. The lowest BCUT2D eigenvalue weighted by Gasteiger charge is -2.06. The van der Waals surface area contributed by atoms with E-state index in [0.717, 1.165) is 18.5 Å². The number of sulfonamides is 1. The average Bonchev–Trinajstić information content (AvgIpc) is 2.44. The summed E-state index contributed by atoms with van der Waals surface area (Å²) in [4.78, 5) is 0.144. The molecule has 0 radical (unpaired) electrons. The lowest BCUT2D eigenvalue weighted by molar-refractivity contribution is 0.597. The third-order valence-corrected chi connectivity index (χ3v) is 3.94. The summed E-state index contributed by atoms with van der Waals surface area (Å²) in [5.41, 5.74) is 2.33. The van der Waals surface area contributed by atoms with E-state index in [2.05, 4.69) is 17.4 Å². The van der Waals surface area contributed by atoms with E-state index in [9.17, 15) is 8.42 Å². The number of hydrogen-bond acceptors (Lipinski definition) is 3. The molecule has 20 heavy (non-hydrogen) atoms. The van der Waals surface area contributed by atoms with Gasteiger partial charge in [0.2, 0.25) is 10.0 Å². The Labute approximate surface area is 119 Å². The Morgan fingerprint density at radius 3 is 2.15 bits per heavy atom. The third kappa shape index (κ3) is 4.45. The predicted octanol–water partition coefficient (Wildman–Crippen LogP) is 1.67. The molecule has 0 bridgehead atoms. The van der Waals surface area contributed by atoms with Crippen LogP contribution in [-0.2, 0) is 23.0 Å². The van der Waals surface area contributed by atoms with E-state index < -0.39 is 10.0 Å². The molecule has 0 aliphatic carbocycles. The summed E-state index contributed by atoms with van der Waals surface area (Å²) in [6.45, 7) is 1.58. The van der Waals surface area contributed by atoms with Crippen LogP contribution in [0.3, 0.4) is 0 Å². The molecule has 106 valence electrons. The van der Waals surface area contributed by atoms with E-state index in [1.165, 1.54) is 17.7 Å². The molecule has 2 rings (SSSR count). The predicted molar refractivity (Wildman–Crippen MR) is 79.7 cm³/mol. The van der Waals surface area contributed by atoms with Crippen LogP contribution >= 0.6 is 0 Å². The highest BCUT2D eigenvalue weighted by Crippen LogP contribution is 2.08. The minimum Gasteiger partial charge on any atom is -0.312 e. The van der Waals surface area contributed by atoms with Gasteiger partial charge in [-0.1, -0.05) is 42.5 Å². The molecule has 0 spiro atoms. The van der Waals surface area contributed by atoms with E-state index in [1.807, 2.05) is 18.2 Å². The molecular weight excluding hydrogens is 272 g/mol. The lowest BCUT2D eigenvalue weighted by Crippen LogP contribution is -2.17. The van der Waals surface area contributed by atoms with Crippen LogP contribution in [0, 0.1) is 0 Å². The average molecular weight is 290 g/mol. The largest absolute Gasteiger partial charge is 0.312 e. The van der Waals surface area contributed by atoms with Crippen LogP contribution in [0.15, 0.2) is 59.5 Å².